The average molecular weight is 311 g/mol. The van der Waals surface area contributed by atoms with Crippen molar-refractivity contribution in [3.8, 4) is 12.0 Å². The molecule has 1 aromatic heterocycles. The van der Waals surface area contributed by atoms with E-state index in [1.807, 2.05) is 0 Å². The Balaban J connectivity index is 2.27. The number of hydrogen-bond donors (Lipinski definition) is 2. The van der Waals surface area contributed by atoms with Gasteiger partial charge in [-0.1, -0.05) is 23.7 Å². The second kappa shape index (κ2) is 6.55. The van der Waals surface area contributed by atoms with Crippen LogP contribution in [0.1, 0.15) is 17.5 Å². The number of aromatic nitrogens is 3. The molecule has 0 saturated carbocycles. The van der Waals surface area contributed by atoms with Crippen LogP contribution in [-0.4, -0.2) is 34.3 Å². The van der Waals surface area contributed by atoms with Crippen molar-refractivity contribution in [3.63, 3.8) is 0 Å². The number of aliphatic hydroxyl groups is 1. The first-order valence-electron chi connectivity index (χ1n) is 6.10. The molecule has 0 spiro atoms. The summed E-state index contributed by atoms with van der Waals surface area (Å²) in [5.41, 5.74) is 7.00. The molecule has 3 N–H and O–H groups in total. The first-order chi connectivity index (χ1) is 10.0. The minimum atomic E-state index is -0.989. The predicted octanol–water partition coefficient (Wildman–Crippen LogP) is 1.40. The van der Waals surface area contributed by atoms with E-state index in [1.54, 1.807) is 18.2 Å². The molecule has 0 amide bonds. The molecule has 0 saturated heterocycles. The highest BCUT2D eigenvalue weighted by atomic mass is 35.5. The lowest BCUT2D eigenvalue weighted by Crippen LogP contribution is -2.11. The van der Waals surface area contributed by atoms with E-state index in [0.717, 1.165) is 0 Å². The van der Waals surface area contributed by atoms with Gasteiger partial charge in [0.15, 0.2) is 5.82 Å². The first-order valence-corrected chi connectivity index (χ1v) is 6.47. The minimum Gasteiger partial charge on any atom is -0.467 e. The summed E-state index contributed by atoms with van der Waals surface area (Å²) in [6.07, 6.45) is -0.778. The normalized spacial score (nSPS) is 12.0. The summed E-state index contributed by atoms with van der Waals surface area (Å²) in [5.74, 6) is 0.137. The highest BCUT2D eigenvalue weighted by Gasteiger charge is 2.17. The molecule has 21 heavy (non-hydrogen) atoms. The molecule has 8 heteroatoms. The van der Waals surface area contributed by atoms with Gasteiger partial charge >= 0.3 is 12.0 Å². The molecule has 2 rings (SSSR count). The highest BCUT2D eigenvalue weighted by Crippen LogP contribution is 2.26. The maximum absolute atomic E-state index is 10.3. The van der Waals surface area contributed by atoms with Gasteiger partial charge in [-0.2, -0.15) is 9.97 Å². The zero-order valence-electron chi connectivity index (χ0n) is 11.6. The predicted molar refractivity (Wildman–Crippen MR) is 77.5 cm³/mol. The van der Waals surface area contributed by atoms with Gasteiger partial charge in [-0.05, 0) is 11.6 Å². The topological polar surface area (TPSA) is 103 Å². The Kier molecular flexibility index (Phi) is 4.77. The summed E-state index contributed by atoms with van der Waals surface area (Å²) in [6, 6.07) is 5.35. The number of methoxy groups -OCH3 is 2. The number of benzene rings is 1. The van der Waals surface area contributed by atoms with Crippen LogP contribution in [0.3, 0.4) is 0 Å². The van der Waals surface area contributed by atoms with Crippen molar-refractivity contribution in [3.05, 3.63) is 34.6 Å². The lowest BCUT2D eigenvalue weighted by Gasteiger charge is -2.13. The Morgan fingerprint density at radius 1 is 1.19 bits per heavy atom. The van der Waals surface area contributed by atoms with Crippen LogP contribution < -0.4 is 15.2 Å². The van der Waals surface area contributed by atoms with Gasteiger partial charge in [0.05, 0.1) is 24.9 Å². The number of nitrogen functional groups attached to an aromatic ring is 1. The maximum Gasteiger partial charge on any atom is 0.322 e. The zero-order valence-corrected chi connectivity index (χ0v) is 12.3. The van der Waals surface area contributed by atoms with Gasteiger partial charge in [-0.15, -0.1) is 4.98 Å². The van der Waals surface area contributed by atoms with E-state index in [-0.39, 0.29) is 24.3 Å². The van der Waals surface area contributed by atoms with Crippen molar-refractivity contribution >= 4 is 17.3 Å². The molecule has 0 bridgehead atoms. The van der Waals surface area contributed by atoms with Gasteiger partial charge in [-0.25, -0.2) is 0 Å². The van der Waals surface area contributed by atoms with Crippen molar-refractivity contribution in [1.82, 2.24) is 15.0 Å². The second-order valence-corrected chi connectivity index (χ2v) is 4.61. The molecule has 1 aromatic carbocycles. The van der Waals surface area contributed by atoms with E-state index in [1.165, 1.54) is 14.2 Å². The van der Waals surface area contributed by atoms with E-state index in [2.05, 4.69) is 15.0 Å². The highest BCUT2D eigenvalue weighted by molar-refractivity contribution is 6.33. The van der Waals surface area contributed by atoms with Crippen LogP contribution >= 0.6 is 11.6 Å². The fraction of sp³-hybridized carbons (Fsp3) is 0.308. The van der Waals surface area contributed by atoms with E-state index >= 15 is 0 Å². The molecule has 112 valence electrons. The van der Waals surface area contributed by atoms with Crippen molar-refractivity contribution in [2.24, 2.45) is 0 Å². The number of nitrogens with two attached hydrogens (primary N) is 1. The van der Waals surface area contributed by atoms with Gasteiger partial charge in [0.25, 0.3) is 0 Å². The number of nitrogens with zero attached hydrogens (tertiary/aromatic N) is 3. The smallest absolute Gasteiger partial charge is 0.322 e. The molecule has 1 heterocycles. The minimum absolute atomic E-state index is 0.0648. The van der Waals surface area contributed by atoms with Crippen LogP contribution in [0.2, 0.25) is 5.02 Å². The lowest BCUT2D eigenvalue weighted by molar-refractivity contribution is 0.164. The molecule has 0 aliphatic carbocycles. The standard InChI is InChI=1S/C13H15ClN4O3/c1-20-12-16-11(17-13(18-12)21-2)9(19)6-7-4-3-5-8(14)10(7)15/h3-5,9,19H,6,15H2,1-2H3. The van der Waals surface area contributed by atoms with Crippen molar-refractivity contribution < 1.29 is 14.6 Å². The fourth-order valence-corrected chi connectivity index (χ4v) is 1.94. The molecule has 7 nitrogen and oxygen atoms in total. The quantitative estimate of drug-likeness (QED) is 0.804. The first kappa shape index (κ1) is 15.3. The molecule has 2 aromatic rings. The Morgan fingerprint density at radius 2 is 1.81 bits per heavy atom. The van der Waals surface area contributed by atoms with Gasteiger partial charge in [-0.3, -0.25) is 0 Å². The zero-order chi connectivity index (χ0) is 15.4. The summed E-state index contributed by atoms with van der Waals surface area (Å²) in [7, 11) is 2.83. The number of hydrogen-bond acceptors (Lipinski definition) is 7. The van der Waals surface area contributed by atoms with Crippen LogP contribution in [0, 0.1) is 0 Å². The third-order valence-corrected chi connectivity index (χ3v) is 3.16. The van der Waals surface area contributed by atoms with Gasteiger partial charge in [0.2, 0.25) is 0 Å². The summed E-state index contributed by atoms with van der Waals surface area (Å²) in [6.45, 7) is 0. The van der Waals surface area contributed by atoms with Crippen LogP contribution in [0.4, 0.5) is 5.69 Å². The number of anilines is 1. The van der Waals surface area contributed by atoms with Crippen LogP contribution in [0.25, 0.3) is 0 Å². The molecular formula is C13H15ClN4O3. The van der Waals surface area contributed by atoms with Crippen molar-refractivity contribution in [2.45, 2.75) is 12.5 Å². The molecule has 0 aliphatic rings. The van der Waals surface area contributed by atoms with Gasteiger partial charge in [0, 0.05) is 6.42 Å². The fourth-order valence-electron chi connectivity index (χ4n) is 1.74. The number of rotatable bonds is 5. The number of aliphatic hydroxyl groups excluding tert-OH is 1. The molecule has 0 radical (unpaired) electrons. The van der Waals surface area contributed by atoms with E-state index in [9.17, 15) is 5.11 Å². The maximum atomic E-state index is 10.3. The third kappa shape index (κ3) is 3.50. The summed E-state index contributed by atoms with van der Waals surface area (Å²) < 4.78 is 9.88. The Labute approximate surface area is 126 Å². The van der Waals surface area contributed by atoms with E-state index < -0.39 is 6.10 Å². The monoisotopic (exact) mass is 310 g/mol. The lowest BCUT2D eigenvalue weighted by atomic mass is 10.1. The van der Waals surface area contributed by atoms with Crippen molar-refractivity contribution in [2.75, 3.05) is 20.0 Å². The average Bonchev–Trinajstić information content (AvgIpc) is 2.51. The SMILES string of the molecule is COc1nc(OC)nc(C(O)Cc2cccc(Cl)c2N)n1. The van der Waals surface area contributed by atoms with Gasteiger partial charge in [0.1, 0.15) is 6.10 Å². The van der Waals surface area contributed by atoms with Crippen LogP contribution in [-0.2, 0) is 6.42 Å². The largest absolute Gasteiger partial charge is 0.467 e. The van der Waals surface area contributed by atoms with Crippen LogP contribution in [0.15, 0.2) is 18.2 Å². The second-order valence-electron chi connectivity index (χ2n) is 4.20. The third-order valence-electron chi connectivity index (χ3n) is 2.83. The van der Waals surface area contributed by atoms with Gasteiger partial charge < -0.3 is 20.3 Å². The summed E-state index contributed by atoms with van der Waals surface area (Å²) >= 11 is 5.95. The van der Waals surface area contributed by atoms with Crippen LogP contribution in [0.5, 0.6) is 12.0 Å². The van der Waals surface area contributed by atoms with Crippen molar-refractivity contribution in [1.29, 1.82) is 0 Å². The van der Waals surface area contributed by atoms with E-state index in [4.69, 9.17) is 26.8 Å². The summed E-state index contributed by atoms with van der Waals surface area (Å²) in [5, 5.41) is 10.7. The number of ether oxygens (including phenoxy) is 2. The summed E-state index contributed by atoms with van der Waals surface area (Å²) in [4.78, 5) is 11.9. The molecule has 0 fully saturated rings. The Hall–Kier alpha value is -2.12. The van der Waals surface area contributed by atoms with E-state index in [0.29, 0.717) is 16.3 Å². The molecule has 0 aliphatic heterocycles. The number of halogens is 1. The number of para-hydroxylation sites is 1. The Morgan fingerprint density at radius 3 is 2.38 bits per heavy atom. The Bertz CT molecular complexity index is 617. The molecular weight excluding hydrogens is 296 g/mol. The molecule has 1 atom stereocenters. The molecule has 1 unspecified atom stereocenters.